The van der Waals surface area contributed by atoms with Crippen LogP contribution in [-0.4, -0.2) is 0 Å². The van der Waals surface area contributed by atoms with Gasteiger partial charge in [-0.25, -0.2) is 12.1 Å². The molecule has 2 aromatic rings. The first-order chi connectivity index (χ1) is 13.7. The summed E-state index contributed by atoms with van der Waals surface area (Å²) in [6, 6.07) is 13.6. The quantitative estimate of drug-likeness (QED) is 0.253. The van der Waals surface area contributed by atoms with E-state index in [4.69, 9.17) is 0 Å². The van der Waals surface area contributed by atoms with Crippen LogP contribution in [0.1, 0.15) is 113 Å². The molecule has 0 spiro atoms. The Hall–Kier alpha value is 0.163. The molecule has 0 unspecified atom stereocenters. The van der Waals surface area contributed by atoms with E-state index >= 15 is 0 Å². The first-order valence-corrected chi connectivity index (χ1v) is 12.1. The van der Waals surface area contributed by atoms with Crippen molar-refractivity contribution < 1.29 is 51.0 Å². The summed E-state index contributed by atoms with van der Waals surface area (Å²) in [6.45, 7) is 8.88. The van der Waals surface area contributed by atoms with Gasteiger partial charge in [-0.05, 0) is 0 Å². The van der Waals surface area contributed by atoms with Crippen LogP contribution >= 0.6 is 0 Å². The molecule has 0 heterocycles. The smallest absolute Gasteiger partial charge is 1.00 e. The molecule has 0 atom stereocenters. The van der Waals surface area contributed by atoms with Crippen molar-refractivity contribution in [3.63, 3.8) is 0 Å². The largest absolute Gasteiger partial charge is 4.00 e. The topological polar surface area (TPSA) is 0 Å². The van der Waals surface area contributed by atoms with E-state index in [0.29, 0.717) is 0 Å². The van der Waals surface area contributed by atoms with Crippen molar-refractivity contribution in [1.29, 1.82) is 0 Å². The fourth-order valence-electron chi connectivity index (χ4n) is 3.78. The average molecular weight is 545 g/mol. The molecule has 176 valence electrons. The average Bonchev–Trinajstić information content (AvgIpc) is 3.29. The van der Waals surface area contributed by atoms with E-state index in [1.165, 1.54) is 112 Å². The van der Waals surface area contributed by atoms with Gasteiger partial charge in [0.1, 0.15) is 0 Å². The van der Waals surface area contributed by atoms with Gasteiger partial charge in [-0.2, -0.15) is 46.5 Å². The zero-order valence-corrected chi connectivity index (χ0v) is 24.6. The van der Waals surface area contributed by atoms with Crippen LogP contribution in [0.25, 0.3) is 0 Å². The van der Waals surface area contributed by atoms with Crippen LogP contribution in [0.3, 0.4) is 0 Å². The monoisotopic (exact) mass is 542 g/mol. The summed E-state index contributed by atoms with van der Waals surface area (Å²) < 4.78 is 0. The zero-order chi connectivity index (χ0) is 20.5. The van der Waals surface area contributed by atoms with Gasteiger partial charge in [0.15, 0.2) is 0 Å². The van der Waals surface area contributed by atoms with Crippen LogP contribution in [0.5, 0.6) is 0 Å². The van der Waals surface area contributed by atoms with Gasteiger partial charge in [0.05, 0.1) is 0 Å². The summed E-state index contributed by atoms with van der Waals surface area (Å²) in [5.41, 5.74) is 5.87. The van der Waals surface area contributed by atoms with E-state index in [1.807, 2.05) is 0 Å². The van der Waals surface area contributed by atoms with Crippen LogP contribution in [0.4, 0.5) is 0 Å². The zero-order valence-electron chi connectivity index (χ0n) is 20.6. The van der Waals surface area contributed by atoms with E-state index in [9.17, 15) is 0 Å². The van der Waals surface area contributed by atoms with Gasteiger partial charge < -0.3 is 24.8 Å². The summed E-state index contributed by atoms with van der Waals surface area (Å²) in [7, 11) is 0. The molecule has 31 heavy (non-hydrogen) atoms. The van der Waals surface area contributed by atoms with Crippen molar-refractivity contribution in [2.24, 2.45) is 0 Å². The Labute approximate surface area is 226 Å². The van der Waals surface area contributed by atoms with Gasteiger partial charge >= 0.3 is 26.2 Å². The predicted octanol–water partition coefficient (Wildman–Crippen LogP) is 3.24. The maximum Gasteiger partial charge on any atom is 4.00 e. The molecule has 0 radical (unpaired) electrons. The molecule has 0 aliphatic carbocycles. The maximum absolute atomic E-state index is 2.31. The second-order valence-electron chi connectivity index (χ2n) is 8.63. The Morgan fingerprint density at radius 2 is 0.871 bits per heavy atom. The third-order valence-electron chi connectivity index (χ3n) is 5.58. The van der Waals surface area contributed by atoms with Gasteiger partial charge in [0.2, 0.25) is 0 Å². The second-order valence-corrected chi connectivity index (χ2v) is 8.63. The third kappa shape index (κ3) is 20.5. The minimum atomic E-state index is 0. The number of aryl methyl sites for hydroxylation is 4. The second kappa shape index (κ2) is 24.8. The van der Waals surface area contributed by atoms with Crippen molar-refractivity contribution in [3.05, 3.63) is 58.7 Å². The molecule has 2 rings (SSSR count). The summed E-state index contributed by atoms with van der Waals surface area (Å²) in [5.74, 6) is 0. The molecule has 0 saturated carbocycles. The molecule has 0 fully saturated rings. The summed E-state index contributed by atoms with van der Waals surface area (Å²) >= 11 is 0. The Morgan fingerprint density at radius 1 is 0.548 bits per heavy atom. The molecular weight excluding hydrogens is 498 g/mol. The van der Waals surface area contributed by atoms with Crippen LogP contribution in [0, 0.1) is 13.8 Å². The Morgan fingerprint density at radius 3 is 1.16 bits per heavy atom. The minimum absolute atomic E-state index is 0. The molecule has 0 aliphatic rings. The number of hydrogen-bond donors (Lipinski definition) is 0. The van der Waals surface area contributed by atoms with Crippen molar-refractivity contribution in [2.75, 3.05) is 0 Å². The SMILES string of the molecule is CCCCCCCCc1cc[c-](C)c1.CCCCCCCCc1cc[c-](C)c1.[Cl-].[Cl-].[Zr+4]. The fraction of sp³-hybridized carbons (Fsp3) is 0.643. The summed E-state index contributed by atoms with van der Waals surface area (Å²) in [6.07, 6.45) is 19.3. The van der Waals surface area contributed by atoms with Crippen LogP contribution in [0.15, 0.2) is 36.4 Å². The summed E-state index contributed by atoms with van der Waals surface area (Å²) in [4.78, 5) is 0. The number of hydrogen-bond acceptors (Lipinski definition) is 0. The molecule has 3 heteroatoms. The standard InChI is InChI=1S/2C14H23.2ClH.Zr/c2*1-3-4-5-6-7-8-9-14-11-10-13(2)12-14;;;/h2*10-12H,3-9H2,1-2H3;2*1H;/q2*-1;;;+4/p-2. The Bertz CT molecular complexity index is 533. The normalized spacial score (nSPS) is 9.68. The molecule has 0 nitrogen and oxygen atoms in total. The van der Waals surface area contributed by atoms with Crippen molar-refractivity contribution in [1.82, 2.24) is 0 Å². The molecule has 0 aromatic heterocycles. The molecule has 0 N–H and O–H groups in total. The number of halogens is 2. The molecule has 2 aromatic carbocycles. The maximum atomic E-state index is 2.31. The van der Waals surface area contributed by atoms with Crippen LogP contribution in [0.2, 0.25) is 0 Å². The molecule has 0 bridgehead atoms. The van der Waals surface area contributed by atoms with Gasteiger partial charge in [-0.1, -0.05) is 118 Å². The van der Waals surface area contributed by atoms with Gasteiger partial charge in [-0.3, -0.25) is 0 Å². The molecular formula is C28H46Cl2Zr. The fourth-order valence-corrected chi connectivity index (χ4v) is 3.78. The van der Waals surface area contributed by atoms with Gasteiger partial charge in [0, 0.05) is 0 Å². The summed E-state index contributed by atoms with van der Waals surface area (Å²) in [5, 5.41) is 0. The first kappa shape index (κ1) is 35.7. The van der Waals surface area contributed by atoms with E-state index < -0.39 is 0 Å². The van der Waals surface area contributed by atoms with Crippen LogP contribution < -0.4 is 24.8 Å². The van der Waals surface area contributed by atoms with E-state index in [0.717, 1.165) is 0 Å². The van der Waals surface area contributed by atoms with E-state index in [1.54, 1.807) is 0 Å². The van der Waals surface area contributed by atoms with Gasteiger partial charge in [-0.15, -0.1) is 0 Å². The minimum Gasteiger partial charge on any atom is -1.00 e. The van der Waals surface area contributed by atoms with E-state index in [-0.39, 0.29) is 51.0 Å². The molecule has 0 saturated heterocycles. The van der Waals surface area contributed by atoms with Gasteiger partial charge in [0.25, 0.3) is 0 Å². The molecule has 0 amide bonds. The Balaban J connectivity index is -0.000000461. The van der Waals surface area contributed by atoms with Crippen molar-refractivity contribution in [3.8, 4) is 0 Å². The Kier molecular flexibility index (Phi) is 28.6. The number of rotatable bonds is 14. The number of unbranched alkanes of at least 4 members (excludes halogenated alkanes) is 10. The first-order valence-electron chi connectivity index (χ1n) is 12.1. The predicted molar refractivity (Wildman–Crippen MR) is 128 cm³/mol. The van der Waals surface area contributed by atoms with Crippen molar-refractivity contribution >= 4 is 0 Å². The molecule has 0 aliphatic heterocycles. The van der Waals surface area contributed by atoms with Crippen molar-refractivity contribution in [2.45, 2.75) is 118 Å². The third-order valence-corrected chi connectivity index (χ3v) is 5.58. The van der Waals surface area contributed by atoms with E-state index in [2.05, 4.69) is 64.1 Å². The van der Waals surface area contributed by atoms with Crippen LogP contribution in [-0.2, 0) is 39.0 Å².